The second-order valence-electron chi connectivity index (χ2n) is 1.82. The van der Waals surface area contributed by atoms with Gasteiger partial charge in [0.25, 0.3) is 0 Å². The fraction of sp³-hybridized carbons (Fsp3) is 1.00. The molecule has 62 valence electrons. The Labute approximate surface area is 62.4 Å². The Hall–Kier alpha value is 0.0569. The van der Waals surface area contributed by atoms with Crippen LogP contribution in [-0.2, 0) is 18.0 Å². The first kappa shape index (κ1) is 10.1. The van der Waals surface area contributed by atoms with Crippen molar-refractivity contribution >= 4 is 8.80 Å². The van der Waals surface area contributed by atoms with Crippen LogP contribution in [0, 0.1) is 0 Å². The highest BCUT2D eigenvalue weighted by Gasteiger charge is 2.31. The van der Waals surface area contributed by atoms with Crippen LogP contribution >= 0.6 is 0 Å². The molecule has 0 unspecified atom stereocenters. The fourth-order valence-corrected chi connectivity index (χ4v) is 1.10. The monoisotopic (exact) mass is 166 g/mol. The summed E-state index contributed by atoms with van der Waals surface area (Å²) in [6.07, 6.45) is 0. The normalized spacial score (nSPS) is 12.0. The van der Waals surface area contributed by atoms with Gasteiger partial charge in [0.2, 0.25) is 0 Å². The summed E-state index contributed by atoms with van der Waals surface area (Å²) in [4.78, 5) is 0. The standard InChI is InChI=1S/C5H14O4Si/c1-6-5-9-10(4,7-2)8-3/h5H2,1-4H3. The summed E-state index contributed by atoms with van der Waals surface area (Å²) < 4.78 is 19.8. The highest BCUT2D eigenvalue weighted by Crippen LogP contribution is 2.04. The molecule has 0 aliphatic heterocycles. The van der Waals surface area contributed by atoms with Crippen LogP contribution in [0.2, 0.25) is 6.55 Å². The average molecular weight is 166 g/mol. The Balaban J connectivity index is 3.58. The molecule has 10 heavy (non-hydrogen) atoms. The minimum atomic E-state index is -2.34. The zero-order chi connectivity index (χ0) is 8.04. The second kappa shape index (κ2) is 4.81. The van der Waals surface area contributed by atoms with Gasteiger partial charge in [-0.1, -0.05) is 0 Å². The molecule has 0 radical (unpaired) electrons. The topological polar surface area (TPSA) is 36.9 Å². The Morgan fingerprint density at radius 3 is 1.90 bits per heavy atom. The first-order valence-corrected chi connectivity index (χ1v) is 5.14. The number of methoxy groups -OCH3 is 1. The molecule has 0 saturated carbocycles. The van der Waals surface area contributed by atoms with Gasteiger partial charge in [-0.25, -0.2) is 0 Å². The second-order valence-corrected chi connectivity index (χ2v) is 4.65. The van der Waals surface area contributed by atoms with Gasteiger partial charge in [-0.2, -0.15) is 0 Å². The van der Waals surface area contributed by atoms with Crippen molar-refractivity contribution in [2.75, 3.05) is 28.1 Å². The molecule has 0 heterocycles. The molecule has 0 rings (SSSR count). The van der Waals surface area contributed by atoms with Crippen LogP contribution in [0.5, 0.6) is 0 Å². The van der Waals surface area contributed by atoms with Crippen LogP contribution in [-0.4, -0.2) is 36.9 Å². The van der Waals surface area contributed by atoms with E-state index in [4.69, 9.17) is 18.0 Å². The summed E-state index contributed by atoms with van der Waals surface area (Å²) in [6.45, 7) is 2.01. The third-order valence-corrected chi connectivity index (χ3v) is 3.31. The number of rotatable bonds is 5. The molecule has 0 aromatic rings. The molecule has 0 aromatic carbocycles. The molecule has 0 saturated heterocycles. The summed E-state index contributed by atoms with van der Waals surface area (Å²) in [6, 6.07) is 0. The first-order chi connectivity index (χ1) is 4.68. The van der Waals surface area contributed by atoms with E-state index in [1.54, 1.807) is 27.9 Å². The number of hydrogen-bond acceptors (Lipinski definition) is 4. The van der Waals surface area contributed by atoms with Crippen LogP contribution in [0.25, 0.3) is 0 Å². The lowest BCUT2D eigenvalue weighted by atomic mass is 11.4. The minimum absolute atomic E-state index is 0.213. The van der Waals surface area contributed by atoms with Crippen LogP contribution in [0.15, 0.2) is 0 Å². The van der Waals surface area contributed by atoms with E-state index in [2.05, 4.69) is 0 Å². The van der Waals surface area contributed by atoms with E-state index >= 15 is 0 Å². The SMILES string of the molecule is COCO[Si](C)(OC)OC. The van der Waals surface area contributed by atoms with Crippen molar-refractivity contribution in [2.24, 2.45) is 0 Å². The van der Waals surface area contributed by atoms with E-state index in [0.717, 1.165) is 0 Å². The molecular formula is C5H14O4Si. The van der Waals surface area contributed by atoms with Crippen molar-refractivity contribution in [2.45, 2.75) is 6.55 Å². The summed E-state index contributed by atoms with van der Waals surface area (Å²) in [5.74, 6) is 0. The number of ether oxygens (including phenoxy) is 1. The molecule has 0 aliphatic carbocycles. The smallest absolute Gasteiger partial charge is 0.377 e. The quantitative estimate of drug-likeness (QED) is 0.439. The van der Waals surface area contributed by atoms with Crippen molar-refractivity contribution in [3.63, 3.8) is 0 Å². The predicted octanol–water partition coefficient (Wildman–Crippen LogP) is 0.468. The molecule has 4 nitrogen and oxygen atoms in total. The highest BCUT2D eigenvalue weighted by molar-refractivity contribution is 6.59. The van der Waals surface area contributed by atoms with E-state index in [1.807, 2.05) is 0 Å². The molecule has 0 N–H and O–H groups in total. The average Bonchev–Trinajstić information content (AvgIpc) is 2.00. The minimum Gasteiger partial charge on any atom is -0.377 e. The molecule has 0 aliphatic rings. The van der Waals surface area contributed by atoms with Crippen LogP contribution < -0.4 is 0 Å². The van der Waals surface area contributed by atoms with Crippen LogP contribution in [0.1, 0.15) is 0 Å². The lowest BCUT2D eigenvalue weighted by Crippen LogP contribution is -2.40. The van der Waals surface area contributed by atoms with Gasteiger partial charge in [-0.05, 0) is 0 Å². The fourth-order valence-electron chi connectivity index (χ4n) is 0.367. The maximum atomic E-state index is 5.15. The van der Waals surface area contributed by atoms with E-state index in [-0.39, 0.29) is 6.79 Å². The van der Waals surface area contributed by atoms with Crippen LogP contribution in [0.3, 0.4) is 0 Å². The first-order valence-electron chi connectivity index (χ1n) is 2.91. The summed E-state index contributed by atoms with van der Waals surface area (Å²) in [5, 5.41) is 0. The van der Waals surface area contributed by atoms with Crippen molar-refractivity contribution in [1.29, 1.82) is 0 Å². The van der Waals surface area contributed by atoms with Crippen molar-refractivity contribution in [3.8, 4) is 0 Å². The Morgan fingerprint density at radius 2 is 1.60 bits per heavy atom. The summed E-state index contributed by atoms with van der Waals surface area (Å²) >= 11 is 0. The van der Waals surface area contributed by atoms with Gasteiger partial charge >= 0.3 is 8.80 Å². The summed E-state index contributed by atoms with van der Waals surface area (Å²) in [7, 11) is 2.33. The maximum Gasteiger partial charge on any atom is 0.498 e. The van der Waals surface area contributed by atoms with Gasteiger partial charge in [-0.15, -0.1) is 0 Å². The molecule has 0 aromatic heterocycles. The molecule has 0 fully saturated rings. The zero-order valence-electron chi connectivity index (χ0n) is 6.84. The molecule has 0 bridgehead atoms. The van der Waals surface area contributed by atoms with E-state index in [0.29, 0.717) is 0 Å². The van der Waals surface area contributed by atoms with Gasteiger partial charge in [0, 0.05) is 27.9 Å². The molecule has 0 atom stereocenters. The lowest BCUT2D eigenvalue weighted by Gasteiger charge is -2.20. The summed E-state index contributed by atoms with van der Waals surface area (Å²) in [5.41, 5.74) is 0. The van der Waals surface area contributed by atoms with Crippen molar-refractivity contribution < 1.29 is 18.0 Å². The Morgan fingerprint density at radius 1 is 1.10 bits per heavy atom. The van der Waals surface area contributed by atoms with Gasteiger partial charge in [0.05, 0.1) is 0 Å². The number of hydrogen-bond donors (Lipinski definition) is 0. The van der Waals surface area contributed by atoms with E-state index in [1.165, 1.54) is 0 Å². The largest absolute Gasteiger partial charge is 0.498 e. The predicted molar refractivity (Wildman–Crippen MR) is 38.6 cm³/mol. The Bertz CT molecular complexity index is 83.7. The van der Waals surface area contributed by atoms with Gasteiger partial charge in [-0.3, -0.25) is 0 Å². The molecular weight excluding hydrogens is 152 g/mol. The lowest BCUT2D eigenvalue weighted by molar-refractivity contribution is -0.00733. The van der Waals surface area contributed by atoms with Gasteiger partial charge < -0.3 is 18.0 Å². The third-order valence-electron chi connectivity index (χ3n) is 1.18. The zero-order valence-corrected chi connectivity index (χ0v) is 7.84. The van der Waals surface area contributed by atoms with E-state index in [9.17, 15) is 0 Å². The van der Waals surface area contributed by atoms with Crippen LogP contribution in [0.4, 0.5) is 0 Å². The maximum absolute atomic E-state index is 5.15. The van der Waals surface area contributed by atoms with Gasteiger partial charge in [0.1, 0.15) is 6.79 Å². The highest BCUT2D eigenvalue weighted by atomic mass is 28.4. The third kappa shape index (κ3) is 3.28. The van der Waals surface area contributed by atoms with Gasteiger partial charge in [0.15, 0.2) is 0 Å². The van der Waals surface area contributed by atoms with Crippen molar-refractivity contribution in [3.05, 3.63) is 0 Å². The molecule has 0 amide bonds. The van der Waals surface area contributed by atoms with Crippen molar-refractivity contribution in [1.82, 2.24) is 0 Å². The molecule has 5 heteroatoms. The molecule has 0 spiro atoms. The Kier molecular flexibility index (Phi) is 4.84. The van der Waals surface area contributed by atoms with E-state index < -0.39 is 8.80 Å².